The Morgan fingerprint density at radius 3 is 1.88 bits per heavy atom. The van der Waals surface area contributed by atoms with E-state index in [4.69, 9.17) is 26.4 Å². The van der Waals surface area contributed by atoms with E-state index in [1.807, 2.05) is 20.8 Å². The molecule has 154 valence electrons. The van der Waals surface area contributed by atoms with Gasteiger partial charge in [-0.15, -0.1) is 0 Å². The van der Waals surface area contributed by atoms with Gasteiger partial charge in [0.15, 0.2) is 5.79 Å². The molecule has 0 aromatic carbocycles. The molecule has 1 rings (SSSR count). The molecular formula is C22H42O3S. The summed E-state index contributed by atoms with van der Waals surface area (Å²) in [4.78, 5) is 0.857. The summed E-state index contributed by atoms with van der Waals surface area (Å²) in [5, 5.41) is 0. The standard InChI is InChI=1S/C22H42O3S/c1-5-6-7-8-9-10-11-12-13-14-15-16-17-23-21(19(2)26)20-18-24-22(3,4)25-20/h20-21H,5-18H2,1-4H3. The predicted molar refractivity (Wildman–Crippen MR) is 114 cm³/mol. The first-order valence-electron chi connectivity index (χ1n) is 10.9. The fourth-order valence-electron chi connectivity index (χ4n) is 3.50. The minimum Gasteiger partial charge on any atom is -0.370 e. The van der Waals surface area contributed by atoms with E-state index in [9.17, 15) is 0 Å². The van der Waals surface area contributed by atoms with E-state index in [0.717, 1.165) is 17.9 Å². The van der Waals surface area contributed by atoms with Crippen molar-refractivity contribution in [2.45, 2.75) is 123 Å². The average molecular weight is 387 g/mol. The van der Waals surface area contributed by atoms with Crippen LogP contribution < -0.4 is 0 Å². The highest BCUT2D eigenvalue weighted by atomic mass is 32.1. The van der Waals surface area contributed by atoms with Gasteiger partial charge >= 0.3 is 0 Å². The quantitative estimate of drug-likeness (QED) is 0.220. The monoisotopic (exact) mass is 386 g/mol. The maximum atomic E-state index is 6.03. The summed E-state index contributed by atoms with van der Waals surface area (Å²) in [6.07, 6.45) is 16.1. The van der Waals surface area contributed by atoms with Gasteiger partial charge in [0.2, 0.25) is 0 Å². The van der Waals surface area contributed by atoms with Gasteiger partial charge in [-0.05, 0) is 27.2 Å². The molecule has 0 saturated carbocycles. The molecule has 0 aliphatic carbocycles. The van der Waals surface area contributed by atoms with Gasteiger partial charge in [-0.3, -0.25) is 0 Å². The highest BCUT2D eigenvalue weighted by molar-refractivity contribution is 7.80. The van der Waals surface area contributed by atoms with Crippen LogP contribution in [0.5, 0.6) is 0 Å². The van der Waals surface area contributed by atoms with E-state index < -0.39 is 5.79 Å². The lowest BCUT2D eigenvalue weighted by molar-refractivity contribution is -0.149. The Balaban J connectivity index is 1.96. The molecule has 1 aliphatic rings. The summed E-state index contributed by atoms with van der Waals surface area (Å²) in [7, 11) is 0. The van der Waals surface area contributed by atoms with Crippen LogP contribution in [0.1, 0.15) is 105 Å². The zero-order chi connectivity index (χ0) is 19.3. The highest BCUT2D eigenvalue weighted by Gasteiger charge is 2.38. The van der Waals surface area contributed by atoms with E-state index >= 15 is 0 Å². The van der Waals surface area contributed by atoms with Gasteiger partial charge in [0.1, 0.15) is 12.2 Å². The molecule has 2 atom stereocenters. The van der Waals surface area contributed by atoms with Crippen LogP contribution in [0.25, 0.3) is 0 Å². The molecule has 1 heterocycles. The third kappa shape index (κ3) is 11.0. The van der Waals surface area contributed by atoms with Gasteiger partial charge in [-0.1, -0.05) is 89.8 Å². The third-order valence-corrected chi connectivity index (χ3v) is 5.30. The SMILES string of the molecule is CCCCCCCCCCCCCCOC(C(C)=S)C1COC(C)(C)O1. The molecule has 0 aromatic rings. The number of unbranched alkanes of at least 4 members (excludes halogenated alkanes) is 11. The van der Waals surface area contributed by atoms with Crippen molar-refractivity contribution in [1.82, 2.24) is 0 Å². The number of thiocarbonyl (C=S) groups is 1. The van der Waals surface area contributed by atoms with Crippen molar-refractivity contribution in [3.05, 3.63) is 0 Å². The molecule has 0 N–H and O–H groups in total. The lowest BCUT2D eigenvalue weighted by Crippen LogP contribution is -2.37. The Morgan fingerprint density at radius 1 is 0.962 bits per heavy atom. The number of hydrogen-bond acceptors (Lipinski definition) is 4. The number of ether oxygens (including phenoxy) is 3. The van der Waals surface area contributed by atoms with Crippen molar-refractivity contribution >= 4 is 17.1 Å². The topological polar surface area (TPSA) is 27.7 Å². The zero-order valence-electron chi connectivity index (χ0n) is 17.7. The minimum atomic E-state index is -0.521. The summed E-state index contributed by atoms with van der Waals surface area (Å²) >= 11 is 5.36. The van der Waals surface area contributed by atoms with Crippen molar-refractivity contribution in [3.63, 3.8) is 0 Å². The molecule has 0 amide bonds. The van der Waals surface area contributed by atoms with Crippen molar-refractivity contribution in [2.24, 2.45) is 0 Å². The fraction of sp³-hybridized carbons (Fsp3) is 0.955. The van der Waals surface area contributed by atoms with Crippen LogP contribution in [0.4, 0.5) is 0 Å². The molecule has 2 unspecified atom stereocenters. The highest BCUT2D eigenvalue weighted by Crippen LogP contribution is 2.26. The smallest absolute Gasteiger partial charge is 0.163 e. The molecule has 4 heteroatoms. The molecule has 0 radical (unpaired) electrons. The summed E-state index contributed by atoms with van der Waals surface area (Å²) in [6.45, 7) is 9.42. The summed E-state index contributed by atoms with van der Waals surface area (Å²) in [6, 6.07) is 0. The average Bonchev–Trinajstić information content (AvgIpc) is 2.94. The zero-order valence-corrected chi connectivity index (χ0v) is 18.5. The first-order valence-corrected chi connectivity index (χ1v) is 11.3. The molecule has 26 heavy (non-hydrogen) atoms. The van der Waals surface area contributed by atoms with Crippen LogP contribution in [0.3, 0.4) is 0 Å². The van der Waals surface area contributed by atoms with Crippen molar-refractivity contribution in [2.75, 3.05) is 13.2 Å². The predicted octanol–water partition coefficient (Wildman–Crippen LogP) is 6.61. The van der Waals surface area contributed by atoms with E-state index in [1.54, 1.807) is 0 Å². The summed E-state index contributed by atoms with van der Waals surface area (Å²) in [5.74, 6) is -0.521. The van der Waals surface area contributed by atoms with Crippen LogP contribution in [0.2, 0.25) is 0 Å². The molecule has 1 saturated heterocycles. The van der Waals surface area contributed by atoms with Crippen LogP contribution in [0, 0.1) is 0 Å². The lowest BCUT2D eigenvalue weighted by Gasteiger charge is -2.24. The fourth-order valence-corrected chi connectivity index (χ4v) is 3.72. The van der Waals surface area contributed by atoms with E-state index in [-0.39, 0.29) is 12.2 Å². The molecule has 0 spiro atoms. The first-order chi connectivity index (χ1) is 12.5. The van der Waals surface area contributed by atoms with Crippen molar-refractivity contribution in [1.29, 1.82) is 0 Å². The first kappa shape index (κ1) is 24.0. The van der Waals surface area contributed by atoms with Crippen molar-refractivity contribution < 1.29 is 14.2 Å². The second-order valence-electron chi connectivity index (χ2n) is 8.16. The number of rotatable bonds is 16. The van der Waals surface area contributed by atoms with Crippen LogP contribution in [0.15, 0.2) is 0 Å². The Kier molecular flexibility index (Phi) is 13.0. The van der Waals surface area contributed by atoms with Crippen molar-refractivity contribution in [3.8, 4) is 0 Å². The van der Waals surface area contributed by atoms with Gasteiger partial charge < -0.3 is 14.2 Å². The molecule has 3 nitrogen and oxygen atoms in total. The van der Waals surface area contributed by atoms with Gasteiger partial charge in [-0.25, -0.2) is 0 Å². The second kappa shape index (κ2) is 14.0. The Labute approximate surface area is 167 Å². The van der Waals surface area contributed by atoms with Gasteiger partial charge in [0, 0.05) is 11.5 Å². The van der Waals surface area contributed by atoms with Gasteiger partial charge in [-0.2, -0.15) is 0 Å². The van der Waals surface area contributed by atoms with Gasteiger partial charge in [0.05, 0.1) is 6.61 Å². The molecular weight excluding hydrogens is 344 g/mol. The maximum Gasteiger partial charge on any atom is 0.163 e. The largest absolute Gasteiger partial charge is 0.370 e. The molecule has 1 fully saturated rings. The summed E-state index contributed by atoms with van der Waals surface area (Å²) < 4.78 is 17.6. The molecule has 0 bridgehead atoms. The van der Waals surface area contributed by atoms with E-state index in [0.29, 0.717) is 6.61 Å². The Bertz CT molecular complexity index is 370. The maximum absolute atomic E-state index is 6.03. The van der Waals surface area contributed by atoms with Crippen LogP contribution in [-0.2, 0) is 14.2 Å². The number of hydrogen-bond donors (Lipinski definition) is 0. The normalized spacial score (nSPS) is 20.4. The van der Waals surface area contributed by atoms with Crippen LogP contribution >= 0.6 is 12.2 Å². The lowest BCUT2D eigenvalue weighted by atomic mass is 10.1. The molecule has 0 aromatic heterocycles. The second-order valence-corrected chi connectivity index (χ2v) is 8.80. The third-order valence-electron chi connectivity index (χ3n) is 5.06. The van der Waals surface area contributed by atoms with Crippen LogP contribution in [-0.4, -0.2) is 36.1 Å². The minimum absolute atomic E-state index is 0.0696. The Hall–Kier alpha value is -0.0300. The summed E-state index contributed by atoms with van der Waals surface area (Å²) in [5.41, 5.74) is 0. The van der Waals surface area contributed by atoms with Gasteiger partial charge in [0.25, 0.3) is 0 Å². The van der Waals surface area contributed by atoms with E-state index in [1.165, 1.54) is 70.6 Å². The Morgan fingerprint density at radius 2 is 1.46 bits per heavy atom. The molecule has 1 aliphatic heterocycles. The van der Waals surface area contributed by atoms with E-state index in [2.05, 4.69) is 6.92 Å².